The van der Waals surface area contributed by atoms with E-state index in [1.54, 1.807) is 0 Å². The molecule has 0 aromatic carbocycles. The Morgan fingerprint density at radius 2 is 2.18 bits per heavy atom. The second-order valence-electron chi connectivity index (χ2n) is 1.92. The third kappa shape index (κ3) is 3.47. The molecule has 0 aliphatic carbocycles. The van der Waals surface area contributed by atoms with Crippen molar-refractivity contribution < 1.29 is 19.1 Å². The van der Waals surface area contributed by atoms with Crippen LogP contribution in [0.25, 0.3) is 0 Å². The third-order valence-corrected chi connectivity index (χ3v) is 1.01. The monoisotopic (exact) mass is 159 g/mol. The van der Waals surface area contributed by atoms with Gasteiger partial charge in [-0.2, -0.15) is 0 Å². The molecular weight excluding hydrogens is 150 g/mol. The Hall–Kier alpha value is -1.23. The number of methoxy groups -OCH3 is 1. The number of hydrogen-bond acceptors (Lipinski definition) is 5. The Bertz CT molecular complexity index is 177. The minimum atomic E-state index is -0.970. The summed E-state index contributed by atoms with van der Waals surface area (Å²) in [4.78, 5) is 31.0. The normalized spacial score (nSPS) is 11.8. The number of nitrogens with two attached hydrogens (primary N) is 1. The zero-order valence-electron chi connectivity index (χ0n) is 6.07. The average molecular weight is 159 g/mol. The van der Waals surface area contributed by atoms with Crippen molar-refractivity contribution in [1.29, 1.82) is 0 Å². The highest BCUT2D eigenvalue weighted by molar-refractivity contribution is 6.33. The fourth-order valence-corrected chi connectivity index (χ4v) is 0.459. The summed E-state index contributed by atoms with van der Waals surface area (Å²) in [6.45, 7) is 0. The predicted octanol–water partition coefficient (Wildman–Crippen LogP) is -1.36. The van der Waals surface area contributed by atoms with Crippen LogP contribution in [0.3, 0.4) is 0 Å². The van der Waals surface area contributed by atoms with Crippen LogP contribution in [0.2, 0.25) is 0 Å². The quantitative estimate of drug-likeness (QED) is 0.311. The van der Waals surface area contributed by atoms with Gasteiger partial charge < -0.3 is 15.3 Å². The zero-order chi connectivity index (χ0) is 8.85. The molecular formula is C6H9NO4. The maximum atomic E-state index is 10.6. The summed E-state index contributed by atoms with van der Waals surface area (Å²) < 4.78 is 4.10. The summed E-state index contributed by atoms with van der Waals surface area (Å²) in [5.74, 6) is -1.76. The number of ketones is 1. The highest BCUT2D eigenvalue weighted by Gasteiger charge is 2.16. The van der Waals surface area contributed by atoms with Gasteiger partial charge in [0.1, 0.15) is 6.29 Å². The highest BCUT2D eigenvalue weighted by Crippen LogP contribution is 1.88. The van der Waals surface area contributed by atoms with Crippen molar-refractivity contribution in [2.45, 2.75) is 12.5 Å². The molecule has 0 heterocycles. The van der Waals surface area contributed by atoms with E-state index in [0.717, 1.165) is 7.11 Å². The summed E-state index contributed by atoms with van der Waals surface area (Å²) in [6, 6.07) is -0.915. The number of aldehydes is 1. The molecule has 0 radical (unpaired) electrons. The number of carbonyl (C=O) groups is 3. The van der Waals surface area contributed by atoms with Crippen LogP contribution in [-0.2, 0) is 19.1 Å². The number of hydrogen-bond donors (Lipinski definition) is 1. The van der Waals surface area contributed by atoms with E-state index in [1.807, 2.05) is 0 Å². The predicted molar refractivity (Wildman–Crippen MR) is 35.7 cm³/mol. The molecule has 0 saturated heterocycles. The Morgan fingerprint density at radius 1 is 1.64 bits per heavy atom. The Balaban J connectivity index is 3.87. The van der Waals surface area contributed by atoms with E-state index in [9.17, 15) is 14.4 Å². The number of carbonyl (C=O) groups excluding carboxylic acids is 3. The molecule has 0 fully saturated rings. The van der Waals surface area contributed by atoms with Gasteiger partial charge in [0.2, 0.25) is 5.78 Å². The largest absolute Gasteiger partial charge is 0.463 e. The molecule has 1 atom stereocenters. The van der Waals surface area contributed by atoms with Crippen molar-refractivity contribution >= 4 is 18.0 Å². The minimum absolute atomic E-state index is 0.295. The van der Waals surface area contributed by atoms with E-state index in [2.05, 4.69) is 4.74 Å². The van der Waals surface area contributed by atoms with Crippen molar-refractivity contribution in [3.63, 3.8) is 0 Å². The van der Waals surface area contributed by atoms with Gasteiger partial charge in [0.15, 0.2) is 0 Å². The van der Waals surface area contributed by atoms with Gasteiger partial charge in [0.05, 0.1) is 13.2 Å². The summed E-state index contributed by atoms with van der Waals surface area (Å²) in [6.07, 6.45) is 0.108. The molecule has 0 rings (SSSR count). The fraction of sp³-hybridized carbons (Fsp3) is 0.500. The molecule has 0 bridgehead atoms. The first-order valence-electron chi connectivity index (χ1n) is 2.93. The summed E-state index contributed by atoms with van der Waals surface area (Å²) in [7, 11) is 1.09. The second-order valence-corrected chi connectivity index (χ2v) is 1.92. The molecule has 0 saturated carbocycles. The standard InChI is InChI=1S/C6H9NO4/c1-11-6(10)5(9)2-4(7)3-8/h3-4H,2,7H2,1H3. The van der Waals surface area contributed by atoms with E-state index in [1.165, 1.54) is 0 Å². The average Bonchev–Trinajstić information content (AvgIpc) is 2.02. The molecule has 5 nitrogen and oxygen atoms in total. The molecule has 62 valence electrons. The second kappa shape index (κ2) is 4.56. The summed E-state index contributed by atoms with van der Waals surface area (Å²) in [5, 5.41) is 0. The maximum Gasteiger partial charge on any atom is 0.374 e. The lowest BCUT2D eigenvalue weighted by Crippen LogP contribution is -2.29. The Kier molecular flexibility index (Phi) is 4.05. The summed E-state index contributed by atoms with van der Waals surface area (Å²) >= 11 is 0. The molecule has 11 heavy (non-hydrogen) atoms. The minimum Gasteiger partial charge on any atom is -0.463 e. The zero-order valence-corrected chi connectivity index (χ0v) is 6.07. The Morgan fingerprint density at radius 3 is 2.55 bits per heavy atom. The van der Waals surface area contributed by atoms with Gasteiger partial charge in [-0.15, -0.1) is 0 Å². The lowest BCUT2D eigenvalue weighted by molar-refractivity contribution is -0.151. The van der Waals surface area contributed by atoms with Crippen LogP contribution in [0.4, 0.5) is 0 Å². The van der Waals surface area contributed by atoms with E-state index < -0.39 is 17.8 Å². The smallest absolute Gasteiger partial charge is 0.374 e. The molecule has 1 unspecified atom stereocenters. The van der Waals surface area contributed by atoms with Crippen LogP contribution in [0, 0.1) is 0 Å². The van der Waals surface area contributed by atoms with Crippen LogP contribution in [0.1, 0.15) is 6.42 Å². The van der Waals surface area contributed by atoms with Crippen molar-refractivity contribution in [3.8, 4) is 0 Å². The maximum absolute atomic E-state index is 10.6. The van der Waals surface area contributed by atoms with Crippen molar-refractivity contribution in [3.05, 3.63) is 0 Å². The molecule has 5 heteroatoms. The lowest BCUT2D eigenvalue weighted by atomic mass is 10.2. The topological polar surface area (TPSA) is 86.5 Å². The van der Waals surface area contributed by atoms with Gasteiger partial charge in [-0.05, 0) is 0 Å². The van der Waals surface area contributed by atoms with E-state index in [-0.39, 0.29) is 6.42 Å². The molecule has 0 aliphatic heterocycles. The van der Waals surface area contributed by atoms with Crippen LogP contribution >= 0.6 is 0 Å². The first-order chi connectivity index (χ1) is 5.11. The highest BCUT2D eigenvalue weighted by atomic mass is 16.5. The van der Waals surface area contributed by atoms with Gasteiger partial charge in [0, 0.05) is 6.42 Å². The van der Waals surface area contributed by atoms with Gasteiger partial charge in [0.25, 0.3) is 0 Å². The molecule has 2 N–H and O–H groups in total. The Labute approximate surface area is 63.5 Å². The van der Waals surface area contributed by atoms with Crippen molar-refractivity contribution in [1.82, 2.24) is 0 Å². The number of esters is 1. The number of ether oxygens (including phenoxy) is 1. The van der Waals surface area contributed by atoms with Gasteiger partial charge in [-0.25, -0.2) is 4.79 Å². The van der Waals surface area contributed by atoms with E-state index >= 15 is 0 Å². The van der Waals surface area contributed by atoms with Crippen LogP contribution in [0.5, 0.6) is 0 Å². The van der Waals surface area contributed by atoms with Crippen LogP contribution in [0.15, 0.2) is 0 Å². The first kappa shape index (κ1) is 9.77. The SMILES string of the molecule is COC(=O)C(=O)CC(N)C=O. The molecule has 0 amide bonds. The fourth-order valence-electron chi connectivity index (χ4n) is 0.459. The van der Waals surface area contributed by atoms with Gasteiger partial charge in [-0.3, -0.25) is 4.79 Å². The van der Waals surface area contributed by atoms with Crippen LogP contribution < -0.4 is 5.73 Å². The van der Waals surface area contributed by atoms with E-state index in [0.29, 0.717) is 6.29 Å². The first-order valence-corrected chi connectivity index (χ1v) is 2.93. The van der Waals surface area contributed by atoms with Crippen LogP contribution in [-0.4, -0.2) is 31.2 Å². The summed E-state index contributed by atoms with van der Waals surface area (Å²) in [5.41, 5.74) is 5.07. The van der Waals surface area contributed by atoms with Gasteiger partial charge in [-0.1, -0.05) is 0 Å². The third-order valence-electron chi connectivity index (χ3n) is 1.01. The van der Waals surface area contributed by atoms with E-state index in [4.69, 9.17) is 5.73 Å². The molecule has 0 spiro atoms. The molecule has 0 aliphatic rings. The lowest BCUT2D eigenvalue weighted by Gasteiger charge is -1.99. The number of Topliss-reactive ketones (excluding diaryl/α,β-unsaturated/α-hetero) is 1. The number of rotatable bonds is 4. The molecule has 0 aromatic rings. The van der Waals surface area contributed by atoms with Crippen molar-refractivity contribution in [2.75, 3.05) is 7.11 Å². The van der Waals surface area contributed by atoms with Crippen molar-refractivity contribution in [2.24, 2.45) is 5.73 Å². The van der Waals surface area contributed by atoms with Gasteiger partial charge >= 0.3 is 5.97 Å². The molecule has 0 aromatic heterocycles.